The van der Waals surface area contributed by atoms with E-state index in [0.29, 0.717) is 0 Å². The molecule has 0 rings (SSSR count). The summed E-state index contributed by atoms with van der Waals surface area (Å²) in [6.07, 6.45) is 0. The Hall–Kier alpha value is 1.53. The maximum Gasteiger partial charge on any atom is 0.0901 e. The van der Waals surface area contributed by atoms with Crippen LogP contribution < -0.4 is 48.0 Å². The molecule has 18 heavy (non-hydrogen) atoms. The first-order valence-electron chi connectivity index (χ1n) is 6.21. The molecule has 0 saturated carbocycles. The molecule has 0 aromatic carbocycles. The number of hydrogen-bond acceptors (Lipinski definition) is 1. The van der Waals surface area contributed by atoms with Gasteiger partial charge in [0.2, 0.25) is 0 Å². The summed E-state index contributed by atoms with van der Waals surface area (Å²) in [6, 6.07) is 0. The standard InChI is InChI=1S/C12H30N2OS.2HI/c1-7-14(6,8-2)10-12-16(15)11-9-13(3,4)5;;/h7-12H2,1-6H3;2*1H/q+2;;/p-2. The van der Waals surface area contributed by atoms with Crippen molar-refractivity contribution in [2.24, 2.45) is 0 Å². The van der Waals surface area contributed by atoms with Gasteiger partial charge in [0.05, 0.1) is 65.9 Å². The Morgan fingerprint density at radius 3 is 1.56 bits per heavy atom. The van der Waals surface area contributed by atoms with Gasteiger partial charge >= 0.3 is 0 Å². The van der Waals surface area contributed by atoms with Crippen LogP contribution in [0.25, 0.3) is 0 Å². The molecule has 0 N–H and O–H groups in total. The summed E-state index contributed by atoms with van der Waals surface area (Å²) < 4.78 is 13.8. The normalized spacial score (nSPS) is 13.4. The first-order valence-corrected chi connectivity index (χ1v) is 7.70. The minimum Gasteiger partial charge on any atom is -1.00 e. The van der Waals surface area contributed by atoms with E-state index < -0.39 is 10.8 Å². The molecule has 1 atom stereocenters. The predicted molar refractivity (Wildman–Crippen MR) is 72.9 cm³/mol. The van der Waals surface area contributed by atoms with Crippen LogP contribution in [0.5, 0.6) is 0 Å². The SMILES string of the molecule is CC[N+](C)(CC)CCS(=O)CC[N+](C)(C)C.[I-].[I-]. The summed E-state index contributed by atoms with van der Waals surface area (Å²) in [6.45, 7) is 8.70. The van der Waals surface area contributed by atoms with Crippen LogP contribution in [-0.2, 0) is 10.8 Å². The first-order chi connectivity index (χ1) is 7.22. The van der Waals surface area contributed by atoms with Crippen LogP contribution in [0, 0.1) is 0 Å². The van der Waals surface area contributed by atoms with E-state index in [2.05, 4.69) is 42.0 Å². The van der Waals surface area contributed by atoms with Crippen molar-refractivity contribution in [1.29, 1.82) is 0 Å². The molecule has 0 aliphatic heterocycles. The second kappa shape index (κ2) is 11.2. The number of nitrogens with zero attached hydrogens (tertiary/aromatic N) is 2. The van der Waals surface area contributed by atoms with Crippen molar-refractivity contribution in [2.75, 3.05) is 65.9 Å². The fourth-order valence-electron chi connectivity index (χ4n) is 1.34. The average molecular weight is 504 g/mol. The van der Waals surface area contributed by atoms with Crippen LogP contribution >= 0.6 is 0 Å². The van der Waals surface area contributed by atoms with Crippen molar-refractivity contribution in [2.45, 2.75) is 13.8 Å². The molecule has 0 aromatic heterocycles. The molecule has 3 nitrogen and oxygen atoms in total. The van der Waals surface area contributed by atoms with Gasteiger partial charge in [-0.25, -0.2) is 0 Å². The number of halogens is 2. The fourth-order valence-corrected chi connectivity index (χ4v) is 2.94. The van der Waals surface area contributed by atoms with Crippen molar-refractivity contribution >= 4 is 10.8 Å². The van der Waals surface area contributed by atoms with Gasteiger partial charge in [-0.2, -0.15) is 0 Å². The summed E-state index contributed by atoms with van der Waals surface area (Å²) in [7, 11) is 8.04. The first kappa shape index (κ1) is 24.5. The van der Waals surface area contributed by atoms with Crippen molar-refractivity contribution in [3.8, 4) is 0 Å². The lowest BCUT2D eigenvalue weighted by Crippen LogP contribution is -3.00. The third-order valence-corrected chi connectivity index (χ3v) is 4.65. The van der Waals surface area contributed by atoms with E-state index in [0.717, 1.165) is 46.7 Å². The van der Waals surface area contributed by atoms with Crippen LogP contribution in [0.1, 0.15) is 13.8 Å². The Morgan fingerprint density at radius 2 is 1.22 bits per heavy atom. The van der Waals surface area contributed by atoms with E-state index in [4.69, 9.17) is 0 Å². The molecule has 0 aliphatic carbocycles. The van der Waals surface area contributed by atoms with Gasteiger partial charge in [0.25, 0.3) is 0 Å². The zero-order valence-corrected chi connectivity index (χ0v) is 17.8. The van der Waals surface area contributed by atoms with E-state index in [1.807, 2.05) is 0 Å². The molecule has 0 amide bonds. The number of rotatable bonds is 8. The zero-order chi connectivity index (χ0) is 12.8. The lowest BCUT2D eigenvalue weighted by Gasteiger charge is -2.32. The Morgan fingerprint density at radius 1 is 0.833 bits per heavy atom. The van der Waals surface area contributed by atoms with Crippen LogP contribution in [0.2, 0.25) is 0 Å². The van der Waals surface area contributed by atoms with Gasteiger partial charge in [-0.3, -0.25) is 4.21 Å². The highest BCUT2D eigenvalue weighted by atomic mass is 127. The maximum absolute atomic E-state index is 11.9. The Kier molecular flexibility index (Phi) is 15.3. The lowest BCUT2D eigenvalue weighted by atomic mass is 10.4. The Balaban J connectivity index is -0.00000112. The predicted octanol–water partition coefficient (Wildman–Crippen LogP) is -5.06. The van der Waals surface area contributed by atoms with E-state index in [9.17, 15) is 4.21 Å². The van der Waals surface area contributed by atoms with E-state index >= 15 is 0 Å². The third-order valence-electron chi connectivity index (χ3n) is 3.38. The monoisotopic (exact) mass is 504 g/mol. The fraction of sp³-hybridized carbons (Fsp3) is 1.00. The molecule has 114 valence electrons. The van der Waals surface area contributed by atoms with Crippen molar-refractivity contribution in [3.05, 3.63) is 0 Å². The molecule has 6 heteroatoms. The van der Waals surface area contributed by atoms with Crippen LogP contribution in [0.4, 0.5) is 0 Å². The van der Waals surface area contributed by atoms with Gasteiger partial charge in [0, 0.05) is 10.8 Å². The molecule has 0 heterocycles. The Bertz CT molecular complexity index is 229. The number of quaternary nitrogens is 2. The van der Waals surface area contributed by atoms with Gasteiger partial charge in [-0.05, 0) is 13.8 Å². The summed E-state index contributed by atoms with van der Waals surface area (Å²) in [5, 5.41) is 0. The van der Waals surface area contributed by atoms with Crippen LogP contribution in [0.15, 0.2) is 0 Å². The van der Waals surface area contributed by atoms with Crippen molar-refractivity contribution in [1.82, 2.24) is 0 Å². The Labute approximate surface area is 150 Å². The molecule has 0 fully saturated rings. The molecule has 0 aromatic rings. The summed E-state index contributed by atoms with van der Waals surface area (Å²) in [4.78, 5) is 0. The van der Waals surface area contributed by atoms with Gasteiger partial charge in [-0.15, -0.1) is 0 Å². The van der Waals surface area contributed by atoms with Crippen molar-refractivity contribution in [3.63, 3.8) is 0 Å². The van der Waals surface area contributed by atoms with Crippen molar-refractivity contribution < 1.29 is 61.1 Å². The van der Waals surface area contributed by atoms with E-state index in [-0.39, 0.29) is 48.0 Å². The average Bonchev–Trinajstić information content (AvgIpc) is 2.22. The minimum absolute atomic E-state index is 0. The largest absolute Gasteiger partial charge is 1.00 e. The van der Waals surface area contributed by atoms with E-state index in [1.54, 1.807) is 0 Å². The molecule has 0 spiro atoms. The highest BCUT2D eigenvalue weighted by Crippen LogP contribution is 2.02. The number of hydrogen-bond donors (Lipinski definition) is 0. The quantitative estimate of drug-likeness (QED) is 0.239. The van der Waals surface area contributed by atoms with Gasteiger partial charge < -0.3 is 56.9 Å². The van der Waals surface area contributed by atoms with E-state index in [1.165, 1.54) is 0 Å². The second-order valence-electron chi connectivity index (χ2n) is 5.84. The minimum atomic E-state index is -0.647. The summed E-state index contributed by atoms with van der Waals surface area (Å²) >= 11 is 0. The molecule has 0 saturated heterocycles. The summed E-state index contributed by atoms with van der Waals surface area (Å²) in [5.41, 5.74) is 0. The molecule has 1 unspecified atom stereocenters. The maximum atomic E-state index is 11.9. The van der Waals surface area contributed by atoms with Crippen LogP contribution in [-0.4, -0.2) is 79.1 Å². The molecule has 0 radical (unpaired) electrons. The molecular weight excluding hydrogens is 474 g/mol. The summed E-state index contributed by atoms with van der Waals surface area (Å²) in [5.74, 6) is 1.68. The molecule has 0 aliphatic rings. The zero-order valence-electron chi connectivity index (χ0n) is 12.7. The van der Waals surface area contributed by atoms with Crippen LogP contribution in [0.3, 0.4) is 0 Å². The second-order valence-corrected chi connectivity index (χ2v) is 7.53. The lowest BCUT2D eigenvalue weighted by molar-refractivity contribution is -0.903. The third kappa shape index (κ3) is 12.6. The molecule has 0 bridgehead atoms. The highest BCUT2D eigenvalue weighted by molar-refractivity contribution is 7.85. The topological polar surface area (TPSA) is 17.1 Å². The van der Waals surface area contributed by atoms with Gasteiger partial charge in [-0.1, -0.05) is 0 Å². The molecular formula is C12H30I2N2OS. The highest BCUT2D eigenvalue weighted by Gasteiger charge is 2.18. The van der Waals surface area contributed by atoms with Gasteiger partial charge in [0.15, 0.2) is 0 Å². The van der Waals surface area contributed by atoms with Gasteiger partial charge in [0.1, 0.15) is 0 Å². The smallest absolute Gasteiger partial charge is 0.0901 e.